The number of nitrogens with zero attached hydrogens (tertiary/aromatic N) is 2. The number of nitrogens with one attached hydrogen (secondary N) is 1. The lowest BCUT2D eigenvalue weighted by Crippen LogP contribution is -2.24. The van der Waals surface area contributed by atoms with Gasteiger partial charge in [-0.25, -0.2) is 4.98 Å². The molecule has 0 aliphatic carbocycles. The first kappa shape index (κ1) is 16.6. The number of pyridine rings is 1. The third kappa shape index (κ3) is 4.34. The molecule has 2 aromatic rings. The Balaban J connectivity index is 2.21. The molecule has 5 heteroatoms. The summed E-state index contributed by atoms with van der Waals surface area (Å²) >= 11 is 5.33. The van der Waals surface area contributed by atoms with E-state index in [0.29, 0.717) is 0 Å². The minimum absolute atomic E-state index is 0.105. The van der Waals surface area contributed by atoms with Crippen molar-refractivity contribution in [2.24, 2.45) is 0 Å². The second-order valence-electron chi connectivity index (χ2n) is 6.06. The van der Waals surface area contributed by atoms with Gasteiger partial charge < -0.3 is 5.32 Å². The predicted octanol–water partition coefficient (Wildman–Crippen LogP) is 4.49. The molecule has 2 heterocycles. The minimum atomic E-state index is 0.105. The highest BCUT2D eigenvalue weighted by atomic mass is 79.9. The summed E-state index contributed by atoms with van der Waals surface area (Å²) in [7, 11) is 0. The second-order valence-corrected chi connectivity index (χ2v) is 7.86. The molecule has 0 aliphatic heterocycles. The van der Waals surface area contributed by atoms with Gasteiger partial charge in [-0.2, -0.15) is 0 Å². The van der Waals surface area contributed by atoms with Crippen LogP contribution in [0.1, 0.15) is 50.1 Å². The summed E-state index contributed by atoms with van der Waals surface area (Å²) in [4.78, 5) is 9.31. The average molecular weight is 368 g/mol. The maximum atomic E-state index is 4.79. The molecule has 0 spiro atoms. The Morgan fingerprint density at radius 3 is 2.71 bits per heavy atom. The standard InChI is InChI=1S/C16H22BrN3S/c1-5-18-12(15-11(17)7-6-8-19-15)9-14-20-13(10-21-14)16(2,3)4/h6-8,10,12,18H,5,9H2,1-4H3. The summed E-state index contributed by atoms with van der Waals surface area (Å²) in [5.41, 5.74) is 2.32. The molecule has 3 nitrogen and oxygen atoms in total. The van der Waals surface area contributed by atoms with Gasteiger partial charge in [0.2, 0.25) is 0 Å². The Labute approximate surface area is 139 Å². The van der Waals surface area contributed by atoms with Crippen LogP contribution in [0.2, 0.25) is 0 Å². The highest BCUT2D eigenvalue weighted by molar-refractivity contribution is 9.10. The molecule has 0 saturated carbocycles. The monoisotopic (exact) mass is 367 g/mol. The molecule has 21 heavy (non-hydrogen) atoms. The molecule has 114 valence electrons. The van der Waals surface area contributed by atoms with E-state index in [2.05, 4.69) is 59.3 Å². The summed E-state index contributed by atoms with van der Waals surface area (Å²) in [5, 5.41) is 6.84. The van der Waals surface area contributed by atoms with E-state index in [1.54, 1.807) is 11.3 Å². The van der Waals surface area contributed by atoms with Crippen LogP contribution < -0.4 is 5.32 Å². The van der Waals surface area contributed by atoms with Gasteiger partial charge in [0.1, 0.15) is 0 Å². The smallest absolute Gasteiger partial charge is 0.0948 e. The fourth-order valence-electron chi connectivity index (χ4n) is 2.09. The Kier molecular flexibility index (Phi) is 5.52. The number of rotatable bonds is 5. The van der Waals surface area contributed by atoms with Crippen LogP contribution in [0.5, 0.6) is 0 Å². The Hall–Kier alpha value is -0.780. The maximum absolute atomic E-state index is 4.79. The lowest BCUT2D eigenvalue weighted by Gasteiger charge is -2.18. The topological polar surface area (TPSA) is 37.8 Å². The summed E-state index contributed by atoms with van der Waals surface area (Å²) in [5.74, 6) is 0. The molecule has 0 bridgehead atoms. The maximum Gasteiger partial charge on any atom is 0.0948 e. The largest absolute Gasteiger partial charge is 0.309 e. The van der Waals surface area contributed by atoms with Crippen molar-refractivity contribution in [3.05, 3.63) is 44.6 Å². The van der Waals surface area contributed by atoms with Gasteiger partial charge in [0.05, 0.1) is 22.4 Å². The van der Waals surface area contributed by atoms with E-state index in [1.165, 1.54) is 0 Å². The minimum Gasteiger partial charge on any atom is -0.309 e. The molecule has 1 unspecified atom stereocenters. The van der Waals surface area contributed by atoms with Gasteiger partial charge in [0, 0.05) is 27.9 Å². The Morgan fingerprint density at radius 2 is 2.14 bits per heavy atom. The van der Waals surface area contributed by atoms with Gasteiger partial charge in [-0.3, -0.25) is 4.98 Å². The fraction of sp³-hybridized carbons (Fsp3) is 0.500. The lowest BCUT2D eigenvalue weighted by molar-refractivity contribution is 0.527. The van der Waals surface area contributed by atoms with Crippen molar-refractivity contribution >= 4 is 27.3 Å². The van der Waals surface area contributed by atoms with Crippen LogP contribution in [-0.2, 0) is 11.8 Å². The first-order valence-electron chi connectivity index (χ1n) is 7.20. The fourth-order valence-corrected chi connectivity index (χ4v) is 3.69. The van der Waals surface area contributed by atoms with Crippen LogP contribution in [0.4, 0.5) is 0 Å². The van der Waals surface area contributed by atoms with Crippen LogP contribution in [-0.4, -0.2) is 16.5 Å². The van der Waals surface area contributed by atoms with Crippen molar-refractivity contribution < 1.29 is 0 Å². The van der Waals surface area contributed by atoms with E-state index < -0.39 is 0 Å². The molecule has 0 fully saturated rings. The molecular formula is C16H22BrN3S. The number of aromatic nitrogens is 2. The van der Waals surface area contributed by atoms with Gasteiger partial charge in [-0.05, 0) is 34.6 Å². The van der Waals surface area contributed by atoms with E-state index in [4.69, 9.17) is 4.98 Å². The number of thiazole rings is 1. The van der Waals surface area contributed by atoms with Crippen LogP contribution in [0.25, 0.3) is 0 Å². The average Bonchev–Trinajstić information content (AvgIpc) is 2.87. The van der Waals surface area contributed by atoms with Gasteiger partial charge >= 0.3 is 0 Å². The molecule has 0 amide bonds. The molecular weight excluding hydrogens is 346 g/mol. The lowest BCUT2D eigenvalue weighted by atomic mass is 9.93. The third-order valence-corrected chi connectivity index (χ3v) is 4.81. The summed E-state index contributed by atoms with van der Waals surface area (Å²) < 4.78 is 1.04. The van der Waals surface area contributed by atoms with Crippen molar-refractivity contribution in [1.82, 2.24) is 15.3 Å². The van der Waals surface area contributed by atoms with Crippen molar-refractivity contribution in [3.63, 3.8) is 0 Å². The van der Waals surface area contributed by atoms with Gasteiger partial charge in [-0.15, -0.1) is 11.3 Å². The number of hydrogen-bond acceptors (Lipinski definition) is 4. The van der Waals surface area contributed by atoms with Crippen LogP contribution >= 0.6 is 27.3 Å². The first-order chi connectivity index (χ1) is 9.91. The van der Waals surface area contributed by atoms with Crippen molar-refractivity contribution in [1.29, 1.82) is 0 Å². The second kappa shape index (κ2) is 6.99. The van der Waals surface area contributed by atoms with E-state index >= 15 is 0 Å². The van der Waals surface area contributed by atoms with E-state index in [1.807, 2.05) is 18.3 Å². The van der Waals surface area contributed by atoms with Crippen LogP contribution in [0.15, 0.2) is 28.2 Å². The highest BCUT2D eigenvalue weighted by Crippen LogP contribution is 2.28. The van der Waals surface area contributed by atoms with Crippen LogP contribution in [0.3, 0.4) is 0 Å². The predicted molar refractivity (Wildman–Crippen MR) is 92.9 cm³/mol. The van der Waals surface area contributed by atoms with Crippen molar-refractivity contribution in [2.75, 3.05) is 6.54 Å². The molecule has 1 N–H and O–H groups in total. The van der Waals surface area contributed by atoms with E-state index in [9.17, 15) is 0 Å². The summed E-state index contributed by atoms with van der Waals surface area (Å²) in [6, 6.07) is 4.16. The highest BCUT2D eigenvalue weighted by Gasteiger charge is 2.21. The van der Waals surface area contributed by atoms with E-state index in [-0.39, 0.29) is 11.5 Å². The SMILES string of the molecule is CCNC(Cc1nc(C(C)(C)C)cs1)c1ncccc1Br. The first-order valence-corrected chi connectivity index (χ1v) is 8.87. The normalized spacial score (nSPS) is 13.4. The number of halogens is 1. The Morgan fingerprint density at radius 1 is 1.38 bits per heavy atom. The third-order valence-electron chi connectivity index (χ3n) is 3.27. The van der Waals surface area contributed by atoms with Gasteiger partial charge in [0.25, 0.3) is 0 Å². The summed E-state index contributed by atoms with van der Waals surface area (Å²) in [6.07, 6.45) is 2.71. The van der Waals surface area contributed by atoms with Crippen molar-refractivity contribution in [2.45, 2.75) is 45.6 Å². The number of hydrogen-bond donors (Lipinski definition) is 1. The number of likely N-dealkylation sites (N-methyl/N-ethyl adjacent to an activating group) is 1. The Bertz CT molecular complexity index is 589. The zero-order valence-corrected chi connectivity index (χ0v) is 15.4. The van der Waals surface area contributed by atoms with Crippen molar-refractivity contribution in [3.8, 4) is 0 Å². The molecule has 2 aromatic heterocycles. The van der Waals surface area contributed by atoms with Crippen LogP contribution in [0, 0.1) is 0 Å². The molecule has 0 radical (unpaired) electrons. The molecule has 0 aromatic carbocycles. The zero-order chi connectivity index (χ0) is 15.5. The molecule has 2 rings (SSSR count). The molecule has 0 aliphatic rings. The van der Waals surface area contributed by atoms with Gasteiger partial charge in [-0.1, -0.05) is 27.7 Å². The molecule has 0 saturated heterocycles. The quantitative estimate of drug-likeness (QED) is 0.845. The van der Waals surface area contributed by atoms with Gasteiger partial charge in [0.15, 0.2) is 0 Å². The zero-order valence-electron chi connectivity index (χ0n) is 13.0. The molecule has 1 atom stereocenters. The summed E-state index contributed by atoms with van der Waals surface area (Å²) in [6.45, 7) is 9.62. The van der Waals surface area contributed by atoms with E-state index in [0.717, 1.165) is 33.8 Å².